The lowest BCUT2D eigenvalue weighted by Crippen LogP contribution is -2.22. The van der Waals surface area contributed by atoms with Crippen LogP contribution in [0.2, 0.25) is 0 Å². The molecule has 102 valence electrons. The van der Waals surface area contributed by atoms with Crippen molar-refractivity contribution in [3.05, 3.63) is 42.2 Å². The second-order valence-electron chi connectivity index (χ2n) is 4.95. The van der Waals surface area contributed by atoms with Gasteiger partial charge in [0.05, 0.1) is 11.8 Å². The Balaban J connectivity index is 1.94. The van der Waals surface area contributed by atoms with Crippen LogP contribution in [0, 0.1) is 11.7 Å². The third kappa shape index (κ3) is 3.89. The predicted molar refractivity (Wildman–Crippen MR) is 73.3 cm³/mol. The van der Waals surface area contributed by atoms with Gasteiger partial charge in [0.25, 0.3) is 0 Å². The number of hydrogen-bond acceptors (Lipinski definition) is 3. The molecule has 1 heterocycles. The molecule has 0 aliphatic heterocycles. The van der Waals surface area contributed by atoms with Gasteiger partial charge in [-0.2, -0.15) is 0 Å². The molecule has 0 atom stereocenters. The van der Waals surface area contributed by atoms with Crippen LogP contribution in [-0.4, -0.2) is 18.1 Å². The van der Waals surface area contributed by atoms with Gasteiger partial charge in [-0.25, -0.2) is 9.37 Å². The van der Waals surface area contributed by atoms with E-state index in [-0.39, 0.29) is 5.82 Å². The second-order valence-corrected chi connectivity index (χ2v) is 4.95. The van der Waals surface area contributed by atoms with Crippen LogP contribution in [0.25, 0.3) is 11.3 Å². The third-order valence-corrected chi connectivity index (χ3v) is 2.76. The summed E-state index contributed by atoms with van der Waals surface area (Å²) in [4.78, 5) is 4.18. The molecule has 1 aromatic carbocycles. The molecule has 0 aliphatic rings. The third-order valence-electron chi connectivity index (χ3n) is 2.76. The highest BCUT2D eigenvalue weighted by molar-refractivity contribution is 5.56. The summed E-state index contributed by atoms with van der Waals surface area (Å²) in [6.07, 6.45) is 2.29. The Morgan fingerprint density at radius 3 is 2.84 bits per heavy atom. The lowest BCUT2D eigenvalue weighted by atomic mass is 10.2. The highest BCUT2D eigenvalue weighted by Gasteiger charge is 2.10. The maximum absolute atomic E-state index is 13.6. The maximum atomic E-state index is 13.6. The largest absolute Gasteiger partial charge is 0.441 e. The van der Waals surface area contributed by atoms with Gasteiger partial charge in [-0.1, -0.05) is 26.0 Å². The number of oxazole rings is 1. The van der Waals surface area contributed by atoms with Crippen molar-refractivity contribution in [2.45, 2.75) is 20.3 Å². The van der Waals surface area contributed by atoms with Crippen LogP contribution in [0.4, 0.5) is 4.39 Å². The van der Waals surface area contributed by atoms with Gasteiger partial charge in [0.15, 0.2) is 11.7 Å². The molecule has 1 N–H and O–H groups in total. The summed E-state index contributed by atoms with van der Waals surface area (Å²) in [6.45, 7) is 6.11. The molecule has 0 unspecified atom stereocenters. The Hall–Kier alpha value is -1.68. The number of aromatic nitrogens is 1. The summed E-state index contributed by atoms with van der Waals surface area (Å²) >= 11 is 0. The van der Waals surface area contributed by atoms with Crippen molar-refractivity contribution in [1.29, 1.82) is 0 Å². The van der Waals surface area contributed by atoms with E-state index in [1.165, 1.54) is 6.07 Å². The molecule has 0 amide bonds. The fourth-order valence-corrected chi connectivity index (χ4v) is 1.80. The predicted octanol–water partition coefficient (Wildman–Crippen LogP) is 3.27. The van der Waals surface area contributed by atoms with Gasteiger partial charge in [-0.15, -0.1) is 0 Å². The molecule has 4 heteroatoms. The normalized spacial score (nSPS) is 11.2. The Labute approximate surface area is 112 Å². The quantitative estimate of drug-likeness (QED) is 0.812. The average molecular weight is 262 g/mol. The summed E-state index contributed by atoms with van der Waals surface area (Å²) < 4.78 is 19.1. The molecule has 19 heavy (non-hydrogen) atoms. The summed E-state index contributed by atoms with van der Waals surface area (Å²) in [5.41, 5.74) is 0.455. The Kier molecular flexibility index (Phi) is 4.68. The van der Waals surface area contributed by atoms with Crippen LogP contribution in [0.3, 0.4) is 0 Å². The Bertz CT molecular complexity index is 522. The smallest absolute Gasteiger partial charge is 0.196 e. The lowest BCUT2D eigenvalue weighted by Gasteiger charge is -2.05. The van der Waals surface area contributed by atoms with Gasteiger partial charge in [0, 0.05) is 13.0 Å². The summed E-state index contributed by atoms with van der Waals surface area (Å²) in [5.74, 6) is 1.45. The minimum atomic E-state index is -0.289. The molecule has 0 saturated carbocycles. The zero-order valence-electron chi connectivity index (χ0n) is 11.3. The number of benzene rings is 1. The maximum Gasteiger partial charge on any atom is 0.196 e. The summed E-state index contributed by atoms with van der Waals surface area (Å²) in [7, 11) is 0. The van der Waals surface area contributed by atoms with Crippen molar-refractivity contribution in [1.82, 2.24) is 10.3 Å². The first-order chi connectivity index (χ1) is 9.16. The summed E-state index contributed by atoms with van der Waals surface area (Å²) in [6, 6.07) is 6.55. The van der Waals surface area contributed by atoms with Crippen molar-refractivity contribution in [3.8, 4) is 11.3 Å². The topological polar surface area (TPSA) is 38.1 Å². The number of hydrogen-bond donors (Lipinski definition) is 1. The van der Waals surface area contributed by atoms with Crippen LogP contribution >= 0.6 is 0 Å². The van der Waals surface area contributed by atoms with Crippen molar-refractivity contribution in [2.75, 3.05) is 13.1 Å². The molecule has 2 rings (SSSR count). The monoisotopic (exact) mass is 262 g/mol. The van der Waals surface area contributed by atoms with Crippen molar-refractivity contribution in [2.24, 2.45) is 5.92 Å². The van der Waals surface area contributed by atoms with Crippen molar-refractivity contribution < 1.29 is 8.81 Å². The molecular formula is C15H19FN2O. The highest BCUT2D eigenvalue weighted by Crippen LogP contribution is 2.23. The molecule has 0 aliphatic carbocycles. The Morgan fingerprint density at radius 1 is 1.32 bits per heavy atom. The van der Waals surface area contributed by atoms with E-state index in [9.17, 15) is 4.39 Å². The first-order valence-corrected chi connectivity index (χ1v) is 6.57. The van der Waals surface area contributed by atoms with Gasteiger partial charge < -0.3 is 9.73 Å². The van der Waals surface area contributed by atoms with Crippen LogP contribution in [0.5, 0.6) is 0 Å². The van der Waals surface area contributed by atoms with Gasteiger partial charge in [-0.3, -0.25) is 0 Å². The fraction of sp³-hybridized carbons (Fsp3) is 0.400. The van der Waals surface area contributed by atoms with Crippen LogP contribution in [-0.2, 0) is 6.42 Å². The first-order valence-electron chi connectivity index (χ1n) is 6.57. The molecule has 0 bridgehead atoms. The molecule has 0 spiro atoms. The zero-order chi connectivity index (χ0) is 13.7. The van der Waals surface area contributed by atoms with E-state index in [0.717, 1.165) is 13.1 Å². The standard InChI is InChI=1S/C15H19FN2O/c1-11(2)9-17-8-7-15-18-10-14(19-15)12-5-3-4-6-13(12)16/h3-6,10-11,17H,7-9H2,1-2H3. The van der Waals surface area contributed by atoms with Gasteiger partial charge in [0.1, 0.15) is 5.82 Å². The number of nitrogens with one attached hydrogen (secondary N) is 1. The molecule has 2 aromatic rings. The SMILES string of the molecule is CC(C)CNCCc1ncc(-c2ccccc2F)o1. The molecular weight excluding hydrogens is 243 g/mol. The average Bonchev–Trinajstić information content (AvgIpc) is 2.83. The van der Waals surface area contributed by atoms with Crippen LogP contribution in [0.1, 0.15) is 19.7 Å². The van der Waals surface area contributed by atoms with Crippen molar-refractivity contribution >= 4 is 0 Å². The van der Waals surface area contributed by atoms with E-state index >= 15 is 0 Å². The molecule has 3 nitrogen and oxygen atoms in total. The van der Waals surface area contributed by atoms with E-state index < -0.39 is 0 Å². The minimum absolute atomic E-state index is 0.289. The molecule has 0 saturated heterocycles. The number of nitrogens with zero attached hydrogens (tertiary/aromatic N) is 1. The Morgan fingerprint density at radius 2 is 2.11 bits per heavy atom. The first kappa shape index (κ1) is 13.7. The van der Waals surface area contributed by atoms with Gasteiger partial charge in [-0.05, 0) is 24.6 Å². The zero-order valence-corrected chi connectivity index (χ0v) is 11.3. The molecule has 1 aromatic heterocycles. The lowest BCUT2D eigenvalue weighted by molar-refractivity contribution is 0.480. The fourth-order valence-electron chi connectivity index (χ4n) is 1.80. The van der Waals surface area contributed by atoms with Crippen LogP contribution in [0.15, 0.2) is 34.9 Å². The van der Waals surface area contributed by atoms with Crippen LogP contribution < -0.4 is 5.32 Å². The van der Waals surface area contributed by atoms with E-state index in [0.29, 0.717) is 29.6 Å². The van der Waals surface area contributed by atoms with E-state index in [1.54, 1.807) is 24.4 Å². The van der Waals surface area contributed by atoms with E-state index in [2.05, 4.69) is 24.1 Å². The number of rotatable bonds is 6. The summed E-state index contributed by atoms with van der Waals surface area (Å²) in [5, 5.41) is 3.32. The highest BCUT2D eigenvalue weighted by atomic mass is 19.1. The van der Waals surface area contributed by atoms with E-state index in [4.69, 9.17) is 4.42 Å². The van der Waals surface area contributed by atoms with Crippen molar-refractivity contribution in [3.63, 3.8) is 0 Å². The minimum Gasteiger partial charge on any atom is -0.441 e. The molecule has 0 radical (unpaired) electrons. The van der Waals surface area contributed by atoms with E-state index in [1.807, 2.05) is 0 Å². The molecule has 0 fully saturated rings. The second kappa shape index (κ2) is 6.48. The van der Waals surface area contributed by atoms with Gasteiger partial charge >= 0.3 is 0 Å². The van der Waals surface area contributed by atoms with Gasteiger partial charge in [0.2, 0.25) is 0 Å². The number of halogens is 1.